The lowest BCUT2D eigenvalue weighted by molar-refractivity contribution is -0.667. The minimum Gasteiger partial charge on any atom is -1.00 e. The summed E-state index contributed by atoms with van der Waals surface area (Å²) in [5.41, 5.74) is 2.50. The van der Waals surface area contributed by atoms with Gasteiger partial charge >= 0.3 is 0 Å². The first-order valence-corrected chi connectivity index (χ1v) is 5.18. The Balaban J connectivity index is 0.00000112. The molecule has 2 rings (SSSR count). The second-order valence-corrected chi connectivity index (χ2v) is 3.88. The minimum absolute atomic E-state index is 0. The number of fused-ring (bicyclic) bond motifs is 1. The van der Waals surface area contributed by atoms with E-state index in [0.29, 0.717) is 0 Å². The van der Waals surface area contributed by atoms with E-state index in [1.54, 1.807) is 0 Å². The monoisotopic (exact) mass is 285 g/mol. The summed E-state index contributed by atoms with van der Waals surface area (Å²) in [6, 6.07) is 8.18. The first-order valence-electron chi connectivity index (χ1n) is 4.80. The smallest absolute Gasteiger partial charge is 0.214 e. The van der Waals surface area contributed by atoms with Gasteiger partial charge in [0.15, 0.2) is 6.20 Å². The normalized spacial score (nSPS) is 10.1. The highest BCUT2D eigenvalue weighted by molar-refractivity contribution is 6.31. The van der Waals surface area contributed by atoms with Crippen LogP contribution in [-0.2, 0) is 6.54 Å². The molecule has 0 spiro atoms. The Morgan fingerprint density at radius 1 is 1.27 bits per heavy atom. The highest BCUT2D eigenvalue weighted by Crippen LogP contribution is 2.18. The average molecular weight is 287 g/mol. The van der Waals surface area contributed by atoms with E-state index < -0.39 is 0 Å². The highest BCUT2D eigenvalue weighted by Gasteiger charge is 2.08. The van der Waals surface area contributed by atoms with Crippen LogP contribution in [0.25, 0.3) is 10.9 Å². The molecule has 3 heteroatoms. The van der Waals surface area contributed by atoms with E-state index in [2.05, 4.69) is 36.7 Å². The van der Waals surface area contributed by atoms with Gasteiger partial charge in [-0.2, -0.15) is 4.57 Å². The van der Waals surface area contributed by atoms with Crippen molar-refractivity contribution >= 4 is 22.5 Å². The first-order chi connectivity index (χ1) is 6.72. The van der Waals surface area contributed by atoms with Gasteiger partial charge in [-0.25, -0.2) is 0 Å². The van der Waals surface area contributed by atoms with Crippen molar-refractivity contribution in [2.75, 3.05) is 0 Å². The number of rotatable bonds is 1. The number of nitrogens with zero attached hydrogens (tertiary/aromatic N) is 1. The summed E-state index contributed by atoms with van der Waals surface area (Å²) < 4.78 is 2.20. The Hall–Kier alpha value is -0.600. The maximum Gasteiger partial charge on any atom is 0.214 e. The maximum absolute atomic E-state index is 5.99. The van der Waals surface area contributed by atoms with Crippen molar-refractivity contribution in [3.8, 4) is 0 Å². The summed E-state index contributed by atoms with van der Waals surface area (Å²) >= 11 is 5.99. The van der Waals surface area contributed by atoms with Crippen molar-refractivity contribution in [3.05, 3.63) is 41.0 Å². The molecule has 1 aromatic heterocycles. The van der Waals surface area contributed by atoms with E-state index in [4.69, 9.17) is 11.6 Å². The van der Waals surface area contributed by atoms with E-state index in [0.717, 1.165) is 11.6 Å². The van der Waals surface area contributed by atoms with E-state index in [-0.39, 0.29) is 17.0 Å². The molecule has 1 nitrogen and oxygen atoms in total. The van der Waals surface area contributed by atoms with Crippen LogP contribution in [0.15, 0.2) is 30.5 Å². The van der Waals surface area contributed by atoms with Gasteiger partial charge in [-0.15, -0.1) is 0 Å². The summed E-state index contributed by atoms with van der Waals surface area (Å²) in [6.45, 7) is 5.23. The van der Waals surface area contributed by atoms with Crippen LogP contribution in [0.2, 0.25) is 5.02 Å². The maximum atomic E-state index is 5.99. The van der Waals surface area contributed by atoms with Crippen molar-refractivity contribution in [1.29, 1.82) is 0 Å². The van der Waals surface area contributed by atoms with Crippen molar-refractivity contribution in [2.24, 2.45) is 0 Å². The topological polar surface area (TPSA) is 3.88 Å². The van der Waals surface area contributed by atoms with Gasteiger partial charge in [-0.3, -0.25) is 0 Å². The Bertz CT molecular complexity index is 482. The number of pyridine rings is 1. The molecule has 1 aromatic carbocycles. The molecule has 0 N–H and O–H groups in total. The largest absolute Gasteiger partial charge is 1.00 e. The molecule has 0 saturated carbocycles. The molecular formula is C12H13BrClN. The van der Waals surface area contributed by atoms with E-state index in [1.165, 1.54) is 16.5 Å². The molecule has 80 valence electrons. The van der Waals surface area contributed by atoms with Crippen LogP contribution in [0.4, 0.5) is 0 Å². The number of hydrogen-bond acceptors (Lipinski definition) is 0. The van der Waals surface area contributed by atoms with E-state index in [1.807, 2.05) is 12.1 Å². The van der Waals surface area contributed by atoms with Crippen LogP contribution in [0.3, 0.4) is 0 Å². The van der Waals surface area contributed by atoms with Crippen LogP contribution in [0.5, 0.6) is 0 Å². The molecular weight excluding hydrogens is 273 g/mol. The lowest BCUT2D eigenvalue weighted by Crippen LogP contribution is -3.00. The van der Waals surface area contributed by atoms with Crippen LogP contribution >= 0.6 is 11.6 Å². The van der Waals surface area contributed by atoms with Crippen LogP contribution < -0.4 is 21.5 Å². The van der Waals surface area contributed by atoms with Crippen molar-refractivity contribution in [2.45, 2.75) is 20.4 Å². The number of aryl methyl sites for hydroxylation is 2. The van der Waals surface area contributed by atoms with E-state index in [9.17, 15) is 0 Å². The van der Waals surface area contributed by atoms with E-state index >= 15 is 0 Å². The molecule has 0 aliphatic carbocycles. The van der Waals surface area contributed by atoms with Crippen LogP contribution in [0.1, 0.15) is 12.5 Å². The van der Waals surface area contributed by atoms with Gasteiger partial charge in [0.1, 0.15) is 6.54 Å². The molecule has 0 saturated heterocycles. The van der Waals surface area contributed by atoms with Gasteiger partial charge in [0, 0.05) is 22.5 Å². The third-order valence-electron chi connectivity index (χ3n) is 2.54. The van der Waals surface area contributed by atoms with Crippen LogP contribution in [0, 0.1) is 6.92 Å². The summed E-state index contributed by atoms with van der Waals surface area (Å²) in [5.74, 6) is 0. The molecule has 0 amide bonds. The van der Waals surface area contributed by atoms with Gasteiger partial charge in [0.2, 0.25) is 5.52 Å². The molecule has 0 bridgehead atoms. The number of halogens is 2. The fourth-order valence-corrected chi connectivity index (χ4v) is 1.89. The van der Waals surface area contributed by atoms with Crippen molar-refractivity contribution < 1.29 is 21.5 Å². The lowest BCUT2D eigenvalue weighted by atomic mass is 10.1. The third-order valence-corrected chi connectivity index (χ3v) is 2.77. The Labute approximate surface area is 105 Å². The average Bonchev–Trinajstić information content (AvgIpc) is 2.18. The molecule has 0 radical (unpaired) electrons. The van der Waals surface area contributed by atoms with Crippen molar-refractivity contribution in [1.82, 2.24) is 0 Å². The molecule has 15 heavy (non-hydrogen) atoms. The zero-order valence-electron chi connectivity index (χ0n) is 8.80. The molecule has 0 unspecified atom stereocenters. The second kappa shape index (κ2) is 4.95. The Kier molecular flexibility index (Phi) is 4.12. The number of hydrogen-bond donors (Lipinski definition) is 0. The Morgan fingerprint density at radius 2 is 2.00 bits per heavy atom. The van der Waals surface area contributed by atoms with Crippen molar-refractivity contribution in [3.63, 3.8) is 0 Å². The number of benzene rings is 1. The zero-order valence-corrected chi connectivity index (χ0v) is 11.1. The standard InChI is InChI=1S/C12H13ClN.BrH/c1-3-14-7-6-9(2)11-5-4-10(13)8-12(11)14;/h4-8H,3H2,1-2H3;1H/q+1;/p-1. The van der Waals surface area contributed by atoms with Gasteiger partial charge in [-0.1, -0.05) is 11.6 Å². The highest BCUT2D eigenvalue weighted by atomic mass is 79.9. The lowest BCUT2D eigenvalue weighted by Gasteiger charge is -2.02. The van der Waals surface area contributed by atoms with Gasteiger partial charge in [0.25, 0.3) is 0 Å². The predicted octanol–water partition coefficient (Wildman–Crippen LogP) is 0.113. The van der Waals surface area contributed by atoms with Gasteiger partial charge in [-0.05, 0) is 31.5 Å². The fourth-order valence-electron chi connectivity index (χ4n) is 1.72. The van der Waals surface area contributed by atoms with Crippen LogP contribution in [-0.4, -0.2) is 0 Å². The molecule has 0 fully saturated rings. The second-order valence-electron chi connectivity index (χ2n) is 3.45. The summed E-state index contributed by atoms with van der Waals surface area (Å²) in [5, 5.41) is 2.07. The molecule has 0 atom stereocenters. The minimum atomic E-state index is 0. The summed E-state index contributed by atoms with van der Waals surface area (Å²) in [4.78, 5) is 0. The zero-order chi connectivity index (χ0) is 10.1. The summed E-state index contributed by atoms with van der Waals surface area (Å²) in [6.07, 6.45) is 2.11. The summed E-state index contributed by atoms with van der Waals surface area (Å²) in [7, 11) is 0. The quantitative estimate of drug-likeness (QED) is 0.656. The fraction of sp³-hybridized carbons (Fsp3) is 0.250. The number of aromatic nitrogens is 1. The third kappa shape index (κ3) is 2.32. The molecule has 0 aliphatic heterocycles. The predicted molar refractivity (Wildman–Crippen MR) is 59.6 cm³/mol. The van der Waals surface area contributed by atoms with Gasteiger partial charge in [0.05, 0.1) is 0 Å². The Morgan fingerprint density at radius 3 is 2.67 bits per heavy atom. The SMILES string of the molecule is CC[n+]1ccc(C)c2ccc(Cl)cc21.[Br-]. The molecule has 0 aliphatic rings. The first kappa shape index (κ1) is 12.5. The molecule has 2 aromatic rings. The molecule has 1 heterocycles. The van der Waals surface area contributed by atoms with Gasteiger partial charge < -0.3 is 17.0 Å².